The van der Waals surface area contributed by atoms with Crippen molar-refractivity contribution in [3.05, 3.63) is 5.21 Å². The van der Waals surface area contributed by atoms with Gasteiger partial charge in [-0.05, 0) is 0 Å². The van der Waals surface area contributed by atoms with E-state index >= 15 is 0 Å². The van der Waals surface area contributed by atoms with Crippen molar-refractivity contribution in [3.63, 3.8) is 0 Å². The second kappa shape index (κ2) is 3.99. The van der Waals surface area contributed by atoms with E-state index in [-0.39, 0.29) is 11.0 Å². The zero-order chi connectivity index (χ0) is 8.15. The highest BCUT2D eigenvalue weighted by Crippen LogP contribution is 1.82. The van der Waals surface area contributed by atoms with Crippen molar-refractivity contribution in [2.75, 3.05) is 5.33 Å². The monoisotopic (exact) mass is 207 g/mol. The SMILES string of the molecule is N=C(CBr)/C(=[NH+]/[O-])C(N)=O. The van der Waals surface area contributed by atoms with Crippen molar-refractivity contribution in [1.82, 2.24) is 0 Å². The van der Waals surface area contributed by atoms with Crippen LogP contribution in [0.25, 0.3) is 0 Å². The summed E-state index contributed by atoms with van der Waals surface area (Å²) in [6.45, 7) is 0. The van der Waals surface area contributed by atoms with Gasteiger partial charge in [0.25, 0.3) is 5.71 Å². The molecule has 1 amide bonds. The van der Waals surface area contributed by atoms with Gasteiger partial charge in [-0.1, -0.05) is 15.9 Å². The number of hydrogen-bond acceptors (Lipinski definition) is 3. The molecule has 56 valence electrons. The van der Waals surface area contributed by atoms with Gasteiger partial charge in [0.2, 0.25) is 0 Å². The van der Waals surface area contributed by atoms with Crippen LogP contribution in [0.3, 0.4) is 0 Å². The Hall–Kier alpha value is -0.910. The van der Waals surface area contributed by atoms with Gasteiger partial charge in [0.15, 0.2) is 0 Å². The topological polar surface area (TPSA) is 104 Å². The summed E-state index contributed by atoms with van der Waals surface area (Å²) in [4.78, 5) is 10.3. The highest BCUT2D eigenvalue weighted by molar-refractivity contribution is 9.09. The minimum atomic E-state index is -0.917. The second-order valence-corrected chi connectivity index (χ2v) is 2.01. The summed E-state index contributed by atoms with van der Waals surface area (Å²) >= 11 is 2.89. The number of rotatable bonds is 3. The maximum atomic E-state index is 10.3. The predicted octanol–water partition coefficient (Wildman–Crippen LogP) is -2.09. The van der Waals surface area contributed by atoms with Crippen molar-refractivity contribution >= 4 is 33.3 Å². The van der Waals surface area contributed by atoms with Crippen LogP contribution in [0.4, 0.5) is 0 Å². The lowest BCUT2D eigenvalue weighted by Gasteiger charge is -1.93. The van der Waals surface area contributed by atoms with E-state index < -0.39 is 11.6 Å². The van der Waals surface area contributed by atoms with Gasteiger partial charge in [-0.3, -0.25) is 10.2 Å². The Bertz CT molecular complexity index is 189. The first-order chi connectivity index (χ1) is 4.63. The second-order valence-electron chi connectivity index (χ2n) is 1.45. The lowest BCUT2D eigenvalue weighted by molar-refractivity contribution is -0.370. The number of carbonyl (C=O) groups excluding carboxylic acids is 1. The molecular weight excluding hydrogens is 202 g/mol. The Balaban J connectivity index is 4.39. The van der Waals surface area contributed by atoms with Crippen LogP contribution in [0.5, 0.6) is 0 Å². The first-order valence-electron chi connectivity index (χ1n) is 2.32. The Morgan fingerprint density at radius 2 is 2.30 bits per heavy atom. The molecule has 0 spiro atoms. The van der Waals surface area contributed by atoms with Gasteiger partial charge in [0.1, 0.15) is 5.71 Å². The minimum Gasteiger partial charge on any atom is -0.625 e. The van der Waals surface area contributed by atoms with E-state index in [0.717, 1.165) is 0 Å². The number of amides is 1. The molecule has 4 N–H and O–H groups in total. The Labute approximate surface area is 65.5 Å². The fourth-order valence-corrected chi connectivity index (χ4v) is 0.608. The number of alkyl halides is 1. The van der Waals surface area contributed by atoms with Crippen LogP contribution in [-0.4, -0.2) is 22.7 Å². The van der Waals surface area contributed by atoms with Gasteiger partial charge in [0.05, 0.1) is 5.33 Å². The number of primary amides is 1. The quantitative estimate of drug-likeness (QED) is 0.214. The average Bonchev–Trinajstić information content (AvgIpc) is 1.88. The highest BCUT2D eigenvalue weighted by atomic mass is 79.9. The molecule has 0 saturated heterocycles. The Kier molecular flexibility index (Phi) is 3.63. The standard InChI is InChI=1S/C4H6BrN3O2/c5-1-2(6)3(8-10)4(7)9/h8H,1H2,(H3-,6,7,9,10). The van der Waals surface area contributed by atoms with Crippen LogP contribution in [0.15, 0.2) is 0 Å². The molecule has 0 heterocycles. The van der Waals surface area contributed by atoms with E-state index in [0.29, 0.717) is 0 Å². The van der Waals surface area contributed by atoms with Crippen molar-refractivity contribution in [2.45, 2.75) is 0 Å². The van der Waals surface area contributed by atoms with Crippen LogP contribution < -0.4 is 10.9 Å². The van der Waals surface area contributed by atoms with Crippen LogP contribution >= 0.6 is 15.9 Å². The van der Waals surface area contributed by atoms with Gasteiger partial charge < -0.3 is 10.9 Å². The maximum Gasteiger partial charge on any atom is 0.316 e. The van der Waals surface area contributed by atoms with E-state index in [1.165, 1.54) is 5.16 Å². The normalized spacial score (nSPS) is 11.1. The van der Waals surface area contributed by atoms with Crippen LogP contribution in [0.1, 0.15) is 0 Å². The van der Waals surface area contributed by atoms with E-state index in [1.54, 1.807) is 0 Å². The van der Waals surface area contributed by atoms with Gasteiger partial charge in [-0.15, -0.1) is 0 Å². The Morgan fingerprint density at radius 3 is 2.40 bits per heavy atom. The van der Waals surface area contributed by atoms with Crippen LogP contribution in [0.2, 0.25) is 0 Å². The van der Waals surface area contributed by atoms with Crippen molar-refractivity contribution in [3.8, 4) is 0 Å². The van der Waals surface area contributed by atoms with E-state index in [9.17, 15) is 10.0 Å². The average molecular weight is 208 g/mol. The third-order valence-corrected chi connectivity index (χ3v) is 1.34. The van der Waals surface area contributed by atoms with Gasteiger partial charge in [-0.25, -0.2) is 5.16 Å². The lowest BCUT2D eigenvalue weighted by atomic mass is 10.2. The van der Waals surface area contributed by atoms with Crippen molar-refractivity contribution in [2.24, 2.45) is 5.73 Å². The molecule has 0 aromatic rings. The zero-order valence-electron chi connectivity index (χ0n) is 4.98. The number of carbonyl (C=O) groups is 1. The van der Waals surface area contributed by atoms with Crippen LogP contribution in [-0.2, 0) is 4.79 Å². The third kappa shape index (κ3) is 2.14. The molecule has 0 aliphatic rings. The number of halogens is 1. The number of nitrogens with one attached hydrogen (secondary N) is 2. The fraction of sp³-hybridized carbons (Fsp3) is 0.250. The summed E-state index contributed by atoms with van der Waals surface area (Å²) < 4.78 is 0. The molecule has 0 unspecified atom stereocenters. The summed E-state index contributed by atoms with van der Waals surface area (Å²) in [5.41, 5.74) is 4.17. The summed E-state index contributed by atoms with van der Waals surface area (Å²) in [6.07, 6.45) is 0. The van der Waals surface area contributed by atoms with E-state index in [1.807, 2.05) is 0 Å². The first-order valence-corrected chi connectivity index (χ1v) is 3.44. The highest BCUT2D eigenvalue weighted by Gasteiger charge is 2.16. The molecule has 0 aliphatic carbocycles. The van der Waals surface area contributed by atoms with Crippen molar-refractivity contribution in [1.29, 1.82) is 5.41 Å². The van der Waals surface area contributed by atoms with Crippen LogP contribution in [0, 0.1) is 10.6 Å². The molecule has 6 heteroatoms. The van der Waals surface area contributed by atoms with Crippen molar-refractivity contribution < 1.29 is 9.95 Å². The Morgan fingerprint density at radius 1 is 1.80 bits per heavy atom. The van der Waals surface area contributed by atoms with Gasteiger partial charge in [0, 0.05) is 0 Å². The first kappa shape index (κ1) is 9.09. The molecule has 0 bridgehead atoms. The summed E-state index contributed by atoms with van der Waals surface area (Å²) in [7, 11) is 0. The molecule has 0 aromatic heterocycles. The molecule has 10 heavy (non-hydrogen) atoms. The molecule has 0 radical (unpaired) electrons. The molecular formula is C4H6BrN3O2. The molecule has 0 aliphatic heterocycles. The molecule has 0 rings (SSSR count). The van der Waals surface area contributed by atoms with E-state index in [4.69, 9.17) is 11.1 Å². The van der Waals surface area contributed by atoms with E-state index in [2.05, 4.69) is 15.9 Å². The third-order valence-electron chi connectivity index (χ3n) is 0.784. The predicted molar refractivity (Wildman–Crippen MR) is 40.1 cm³/mol. The molecule has 5 nitrogen and oxygen atoms in total. The number of nitrogens with two attached hydrogens (primary N) is 1. The maximum absolute atomic E-state index is 10.3. The smallest absolute Gasteiger partial charge is 0.316 e. The number of hydrogen-bond donors (Lipinski definition) is 3. The molecule has 0 fully saturated rings. The summed E-state index contributed by atoms with van der Waals surface area (Å²) in [6, 6.07) is 0. The van der Waals surface area contributed by atoms with Gasteiger partial charge in [-0.2, -0.15) is 0 Å². The molecule has 0 aromatic carbocycles. The lowest BCUT2D eigenvalue weighted by Crippen LogP contribution is -2.71. The largest absolute Gasteiger partial charge is 0.625 e. The summed E-state index contributed by atoms with van der Waals surface area (Å²) in [5, 5.41) is 18.3. The molecule has 0 saturated carbocycles. The summed E-state index contributed by atoms with van der Waals surface area (Å²) in [5.74, 6) is -0.917. The van der Waals surface area contributed by atoms with Gasteiger partial charge >= 0.3 is 5.91 Å². The fourth-order valence-electron chi connectivity index (χ4n) is 0.327. The minimum absolute atomic E-state index is 0.126. The zero-order valence-corrected chi connectivity index (χ0v) is 6.56. The molecule has 0 atom stereocenters.